The Bertz CT molecular complexity index is 269. The summed E-state index contributed by atoms with van der Waals surface area (Å²) in [5.74, 6) is 0.441. The van der Waals surface area contributed by atoms with E-state index < -0.39 is 5.60 Å². The van der Waals surface area contributed by atoms with Crippen molar-refractivity contribution < 1.29 is 5.11 Å². The first-order valence-corrected chi connectivity index (χ1v) is 4.60. The van der Waals surface area contributed by atoms with Gasteiger partial charge in [-0.15, -0.1) is 0 Å². The zero-order chi connectivity index (χ0) is 10.1. The third-order valence-corrected chi connectivity index (χ3v) is 2.08. The topological polar surface area (TPSA) is 33.1 Å². The maximum atomic E-state index is 9.68. The van der Waals surface area contributed by atoms with E-state index in [1.165, 1.54) is 0 Å². The Labute approximate surface area is 79.6 Å². The summed E-state index contributed by atoms with van der Waals surface area (Å²) in [6.45, 7) is 7.73. The quantitative estimate of drug-likeness (QED) is 0.756. The van der Waals surface area contributed by atoms with Gasteiger partial charge in [-0.2, -0.15) is 0 Å². The lowest BCUT2D eigenvalue weighted by molar-refractivity contribution is 0.0782. The molecule has 1 aromatic heterocycles. The van der Waals surface area contributed by atoms with Gasteiger partial charge in [0.2, 0.25) is 0 Å². The molecule has 1 rings (SSSR count). The average Bonchev–Trinajstić information content (AvgIpc) is 2.03. The fraction of sp³-hybridized carbons (Fsp3) is 0.545. The van der Waals surface area contributed by atoms with E-state index >= 15 is 0 Å². The lowest BCUT2D eigenvalue weighted by atomic mass is 9.99. The Kier molecular flexibility index (Phi) is 2.71. The Morgan fingerprint density at radius 3 is 2.23 bits per heavy atom. The molecule has 0 spiro atoms. The van der Waals surface area contributed by atoms with Gasteiger partial charge >= 0.3 is 0 Å². The van der Waals surface area contributed by atoms with Gasteiger partial charge in [0, 0.05) is 17.5 Å². The lowest BCUT2D eigenvalue weighted by Gasteiger charge is -2.17. The second-order valence-corrected chi connectivity index (χ2v) is 4.19. The molecule has 13 heavy (non-hydrogen) atoms. The lowest BCUT2D eigenvalue weighted by Crippen LogP contribution is -2.15. The highest BCUT2D eigenvalue weighted by Crippen LogP contribution is 2.20. The summed E-state index contributed by atoms with van der Waals surface area (Å²) >= 11 is 0. The van der Waals surface area contributed by atoms with Crippen LogP contribution in [0, 0.1) is 0 Å². The Morgan fingerprint density at radius 2 is 1.92 bits per heavy atom. The van der Waals surface area contributed by atoms with Crippen molar-refractivity contribution in [1.82, 2.24) is 4.98 Å². The Hall–Kier alpha value is -0.890. The van der Waals surface area contributed by atoms with Crippen LogP contribution in [0.4, 0.5) is 0 Å². The summed E-state index contributed by atoms with van der Waals surface area (Å²) < 4.78 is 0. The second-order valence-electron chi connectivity index (χ2n) is 4.19. The number of hydrogen-bond acceptors (Lipinski definition) is 2. The van der Waals surface area contributed by atoms with Crippen molar-refractivity contribution in [2.75, 3.05) is 0 Å². The maximum absolute atomic E-state index is 9.68. The van der Waals surface area contributed by atoms with Crippen molar-refractivity contribution >= 4 is 0 Å². The zero-order valence-electron chi connectivity index (χ0n) is 8.70. The van der Waals surface area contributed by atoms with Gasteiger partial charge in [0.1, 0.15) is 0 Å². The van der Waals surface area contributed by atoms with E-state index in [4.69, 9.17) is 0 Å². The molecule has 0 saturated carbocycles. The molecular weight excluding hydrogens is 162 g/mol. The minimum Gasteiger partial charge on any atom is -0.386 e. The van der Waals surface area contributed by atoms with Crippen LogP contribution in [0.15, 0.2) is 18.3 Å². The number of pyridine rings is 1. The molecule has 0 radical (unpaired) electrons. The molecule has 0 aliphatic rings. The van der Waals surface area contributed by atoms with Crippen LogP contribution in [0.25, 0.3) is 0 Å². The largest absolute Gasteiger partial charge is 0.386 e. The number of aromatic nitrogens is 1. The molecule has 0 bridgehead atoms. The van der Waals surface area contributed by atoms with Crippen LogP contribution >= 0.6 is 0 Å². The molecule has 0 unspecified atom stereocenters. The van der Waals surface area contributed by atoms with Crippen LogP contribution in [-0.4, -0.2) is 10.1 Å². The molecule has 0 atom stereocenters. The van der Waals surface area contributed by atoms with Crippen LogP contribution < -0.4 is 0 Å². The van der Waals surface area contributed by atoms with Gasteiger partial charge in [-0.05, 0) is 25.8 Å². The van der Waals surface area contributed by atoms with E-state index in [-0.39, 0.29) is 0 Å². The minimum absolute atomic E-state index is 0.441. The molecule has 2 nitrogen and oxygen atoms in total. The Morgan fingerprint density at radius 1 is 1.31 bits per heavy atom. The molecule has 0 amide bonds. The van der Waals surface area contributed by atoms with Crippen LogP contribution in [-0.2, 0) is 5.60 Å². The summed E-state index contributed by atoms with van der Waals surface area (Å²) in [6, 6.07) is 3.90. The third kappa shape index (κ3) is 2.52. The van der Waals surface area contributed by atoms with Crippen LogP contribution in [0.2, 0.25) is 0 Å². The first-order chi connectivity index (χ1) is 5.91. The summed E-state index contributed by atoms with van der Waals surface area (Å²) in [4.78, 5) is 4.28. The summed E-state index contributed by atoms with van der Waals surface area (Å²) in [7, 11) is 0. The molecule has 0 fully saturated rings. The molecule has 0 aromatic carbocycles. The third-order valence-electron chi connectivity index (χ3n) is 2.08. The van der Waals surface area contributed by atoms with E-state index in [9.17, 15) is 5.11 Å². The van der Waals surface area contributed by atoms with Crippen molar-refractivity contribution in [1.29, 1.82) is 0 Å². The molecular formula is C11H17NO. The zero-order valence-corrected chi connectivity index (χ0v) is 8.70. The van der Waals surface area contributed by atoms with Crippen molar-refractivity contribution in [2.45, 2.75) is 39.2 Å². The van der Waals surface area contributed by atoms with E-state index in [1.54, 1.807) is 20.0 Å². The molecule has 2 heteroatoms. The van der Waals surface area contributed by atoms with Crippen molar-refractivity contribution in [2.24, 2.45) is 0 Å². The fourth-order valence-corrected chi connectivity index (χ4v) is 1.11. The molecule has 0 aliphatic heterocycles. The van der Waals surface area contributed by atoms with Gasteiger partial charge in [0.25, 0.3) is 0 Å². The monoisotopic (exact) mass is 179 g/mol. The highest BCUT2D eigenvalue weighted by atomic mass is 16.3. The fourth-order valence-electron chi connectivity index (χ4n) is 1.11. The van der Waals surface area contributed by atoms with Gasteiger partial charge in [-0.3, -0.25) is 4.98 Å². The summed E-state index contributed by atoms with van der Waals surface area (Å²) in [5.41, 5.74) is 1.13. The van der Waals surface area contributed by atoms with E-state index in [0.717, 1.165) is 11.3 Å². The highest BCUT2D eigenvalue weighted by Gasteiger charge is 2.15. The first-order valence-electron chi connectivity index (χ1n) is 4.60. The van der Waals surface area contributed by atoms with Gasteiger partial charge < -0.3 is 5.11 Å². The van der Waals surface area contributed by atoms with E-state index in [2.05, 4.69) is 18.8 Å². The molecule has 0 aliphatic carbocycles. The summed E-state index contributed by atoms with van der Waals surface area (Å²) in [5, 5.41) is 9.68. The van der Waals surface area contributed by atoms with Crippen LogP contribution in [0.5, 0.6) is 0 Å². The number of rotatable bonds is 2. The second kappa shape index (κ2) is 3.46. The number of hydrogen-bond donors (Lipinski definition) is 1. The Balaban J connectivity index is 2.94. The van der Waals surface area contributed by atoms with Crippen molar-refractivity contribution in [3.05, 3.63) is 29.6 Å². The predicted octanol–water partition coefficient (Wildman–Crippen LogP) is 2.43. The average molecular weight is 179 g/mol. The molecule has 1 aromatic rings. The van der Waals surface area contributed by atoms with Gasteiger partial charge in [-0.25, -0.2) is 0 Å². The normalized spacial score (nSPS) is 12.2. The van der Waals surface area contributed by atoms with Gasteiger partial charge in [0.05, 0.1) is 5.60 Å². The highest BCUT2D eigenvalue weighted by molar-refractivity contribution is 5.20. The maximum Gasteiger partial charge on any atom is 0.0855 e. The van der Waals surface area contributed by atoms with Crippen molar-refractivity contribution in [3.8, 4) is 0 Å². The smallest absolute Gasteiger partial charge is 0.0855 e. The van der Waals surface area contributed by atoms with Crippen molar-refractivity contribution in [3.63, 3.8) is 0 Å². The minimum atomic E-state index is -0.789. The number of aliphatic hydroxyl groups is 1. The molecule has 72 valence electrons. The van der Waals surface area contributed by atoms with Gasteiger partial charge in [-0.1, -0.05) is 19.9 Å². The summed E-state index contributed by atoms with van der Waals surface area (Å²) in [6.07, 6.45) is 1.75. The number of nitrogens with zero attached hydrogens (tertiary/aromatic N) is 1. The SMILES string of the molecule is CC(C)c1ccc(C(C)(C)O)cn1. The molecule has 0 saturated heterocycles. The van der Waals surface area contributed by atoms with E-state index in [0.29, 0.717) is 5.92 Å². The standard InChI is InChI=1S/C11H17NO/c1-8(2)10-6-5-9(7-12-10)11(3,4)13/h5-8,13H,1-4H3. The molecule has 1 heterocycles. The van der Waals surface area contributed by atoms with Gasteiger partial charge in [0.15, 0.2) is 0 Å². The van der Waals surface area contributed by atoms with Crippen LogP contribution in [0.3, 0.4) is 0 Å². The van der Waals surface area contributed by atoms with Crippen LogP contribution in [0.1, 0.15) is 44.9 Å². The predicted molar refractivity (Wildman–Crippen MR) is 53.6 cm³/mol. The van der Waals surface area contributed by atoms with E-state index in [1.807, 2.05) is 12.1 Å². The first kappa shape index (κ1) is 10.2. The molecule has 1 N–H and O–H groups in total.